The molecule has 7 heteroatoms. The van der Waals surface area contributed by atoms with E-state index >= 15 is 0 Å². The first-order valence-electron chi connectivity index (χ1n) is 5.53. The van der Waals surface area contributed by atoms with E-state index in [4.69, 9.17) is 16.7 Å². The lowest BCUT2D eigenvalue weighted by atomic mass is 10.4. The molecule has 0 bridgehead atoms. The number of hydrogen-bond donors (Lipinski definition) is 1. The number of rotatable bonds is 6. The van der Waals surface area contributed by atoms with E-state index < -0.39 is 0 Å². The maximum atomic E-state index is 9.02. The van der Waals surface area contributed by atoms with Crippen molar-refractivity contribution in [2.24, 2.45) is 0 Å². The number of aromatic nitrogens is 3. The van der Waals surface area contributed by atoms with E-state index in [0.29, 0.717) is 18.4 Å². The average molecular weight is 260 g/mol. The van der Waals surface area contributed by atoms with E-state index in [-0.39, 0.29) is 11.9 Å². The van der Waals surface area contributed by atoms with Gasteiger partial charge in [-0.2, -0.15) is 15.0 Å². The summed E-state index contributed by atoms with van der Waals surface area (Å²) in [6.07, 6.45) is 0.945. The summed E-state index contributed by atoms with van der Waals surface area (Å²) < 4.78 is 0. The Hall–Kier alpha value is -1.14. The smallest absolute Gasteiger partial charge is 0.231 e. The van der Waals surface area contributed by atoms with Crippen molar-refractivity contribution < 1.29 is 5.11 Å². The summed E-state index contributed by atoms with van der Waals surface area (Å²) in [7, 11) is 3.68. The van der Waals surface area contributed by atoms with E-state index in [1.165, 1.54) is 0 Å². The largest absolute Gasteiger partial charge is 0.395 e. The molecule has 0 saturated heterocycles. The summed E-state index contributed by atoms with van der Waals surface area (Å²) in [5.74, 6) is 1.02. The van der Waals surface area contributed by atoms with E-state index in [9.17, 15) is 0 Å². The van der Waals surface area contributed by atoms with Crippen LogP contribution in [0, 0.1) is 0 Å². The van der Waals surface area contributed by atoms with Gasteiger partial charge in [-0.3, -0.25) is 0 Å². The van der Waals surface area contributed by atoms with Crippen LogP contribution < -0.4 is 9.80 Å². The van der Waals surface area contributed by atoms with Gasteiger partial charge >= 0.3 is 0 Å². The molecule has 1 rings (SSSR count). The monoisotopic (exact) mass is 259 g/mol. The lowest BCUT2D eigenvalue weighted by Crippen LogP contribution is -2.30. The number of halogens is 1. The summed E-state index contributed by atoms with van der Waals surface area (Å²) in [5, 5.41) is 9.18. The topological polar surface area (TPSA) is 65.4 Å². The summed E-state index contributed by atoms with van der Waals surface area (Å²) in [6.45, 7) is 3.37. The normalized spacial score (nSPS) is 10.4. The van der Waals surface area contributed by atoms with E-state index in [1.807, 2.05) is 19.0 Å². The van der Waals surface area contributed by atoms with Gasteiger partial charge in [0.15, 0.2) is 0 Å². The molecule has 0 aliphatic heterocycles. The van der Waals surface area contributed by atoms with Gasteiger partial charge in [0.1, 0.15) is 0 Å². The molecular weight excluding hydrogens is 242 g/mol. The lowest BCUT2D eigenvalue weighted by molar-refractivity contribution is 0.301. The lowest BCUT2D eigenvalue weighted by Gasteiger charge is -2.22. The van der Waals surface area contributed by atoms with Crippen molar-refractivity contribution in [2.45, 2.75) is 13.3 Å². The Kier molecular flexibility index (Phi) is 5.37. The molecule has 6 nitrogen and oxygen atoms in total. The van der Waals surface area contributed by atoms with Crippen LogP contribution in [0.5, 0.6) is 0 Å². The molecule has 1 aromatic heterocycles. The molecular formula is C10H18ClN5O. The Morgan fingerprint density at radius 1 is 1.12 bits per heavy atom. The fourth-order valence-corrected chi connectivity index (χ4v) is 1.52. The van der Waals surface area contributed by atoms with Crippen LogP contribution in [0.3, 0.4) is 0 Å². The highest BCUT2D eigenvalue weighted by Gasteiger charge is 2.12. The van der Waals surface area contributed by atoms with Crippen molar-refractivity contribution in [3.8, 4) is 0 Å². The van der Waals surface area contributed by atoms with Crippen molar-refractivity contribution in [3.05, 3.63) is 5.28 Å². The van der Waals surface area contributed by atoms with Crippen LogP contribution in [-0.4, -0.2) is 53.9 Å². The third-order valence-corrected chi connectivity index (χ3v) is 2.30. The zero-order valence-electron chi connectivity index (χ0n) is 10.4. The summed E-state index contributed by atoms with van der Waals surface area (Å²) >= 11 is 5.86. The van der Waals surface area contributed by atoms with Gasteiger partial charge in [-0.05, 0) is 18.0 Å². The molecule has 0 radical (unpaired) electrons. The van der Waals surface area contributed by atoms with Crippen molar-refractivity contribution in [3.63, 3.8) is 0 Å². The Morgan fingerprint density at radius 3 is 2.29 bits per heavy atom. The van der Waals surface area contributed by atoms with Crippen LogP contribution in [0.1, 0.15) is 13.3 Å². The van der Waals surface area contributed by atoms with Gasteiger partial charge in [-0.15, -0.1) is 0 Å². The number of anilines is 2. The predicted molar refractivity (Wildman–Crippen MR) is 68.8 cm³/mol. The van der Waals surface area contributed by atoms with Gasteiger partial charge in [0.05, 0.1) is 6.61 Å². The third kappa shape index (κ3) is 3.98. The molecule has 96 valence electrons. The number of nitrogens with zero attached hydrogens (tertiary/aromatic N) is 5. The quantitative estimate of drug-likeness (QED) is 0.815. The molecule has 0 spiro atoms. The van der Waals surface area contributed by atoms with Gasteiger partial charge in [0, 0.05) is 27.2 Å². The Balaban J connectivity index is 3.00. The van der Waals surface area contributed by atoms with Crippen molar-refractivity contribution in [1.82, 2.24) is 15.0 Å². The zero-order valence-corrected chi connectivity index (χ0v) is 11.1. The van der Waals surface area contributed by atoms with E-state index in [2.05, 4.69) is 21.9 Å². The van der Waals surface area contributed by atoms with Gasteiger partial charge in [-0.25, -0.2) is 0 Å². The highest BCUT2D eigenvalue weighted by atomic mass is 35.5. The van der Waals surface area contributed by atoms with E-state index in [0.717, 1.165) is 13.0 Å². The maximum Gasteiger partial charge on any atom is 0.231 e. The van der Waals surface area contributed by atoms with Crippen LogP contribution in [0.25, 0.3) is 0 Å². The van der Waals surface area contributed by atoms with Crippen LogP contribution in [0.15, 0.2) is 0 Å². The molecule has 0 aromatic carbocycles. The Labute approximate surface area is 106 Å². The summed E-state index contributed by atoms with van der Waals surface area (Å²) in [6, 6.07) is 0. The molecule has 0 aliphatic carbocycles. The fraction of sp³-hybridized carbons (Fsp3) is 0.700. The minimum atomic E-state index is 0.0562. The second kappa shape index (κ2) is 6.56. The molecule has 0 aliphatic rings. The minimum Gasteiger partial charge on any atom is -0.395 e. The molecule has 0 atom stereocenters. The predicted octanol–water partition coefficient (Wildman–Crippen LogP) is 0.800. The van der Waals surface area contributed by atoms with Crippen molar-refractivity contribution >= 4 is 23.5 Å². The Bertz CT molecular complexity index is 355. The molecule has 0 amide bonds. The number of aliphatic hydroxyl groups is 1. The third-order valence-electron chi connectivity index (χ3n) is 2.13. The van der Waals surface area contributed by atoms with Crippen LogP contribution in [0.2, 0.25) is 5.28 Å². The molecule has 1 heterocycles. The van der Waals surface area contributed by atoms with Crippen LogP contribution in [-0.2, 0) is 0 Å². The van der Waals surface area contributed by atoms with Crippen LogP contribution >= 0.6 is 11.6 Å². The van der Waals surface area contributed by atoms with Gasteiger partial charge < -0.3 is 14.9 Å². The zero-order chi connectivity index (χ0) is 12.8. The SMILES string of the molecule is CCCN(CCO)c1nc(Cl)nc(N(C)C)n1. The first-order valence-corrected chi connectivity index (χ1v) is 5.91. The molecule has 0 saturated carbocycles. The van der Waals surface area contributed by atoms with Crippen molar-refractivity contribution in [2.75, 3.05) is 43.6 Å². The van der Waals surface area contributed by atoms with Gasteiger partial charge in [0.2, 0.25) is 17.2 Å². The molecule has 0 fully saturated rings. The summed E-state index contributed by atoms with van der Waals surface area (Å²) in [4.78, 5) is 16.1. The highest BCUT2D eigenvalue weighted by molar-refractivity contribution is 6.28. The first kappa shape index (κ1) is 13.9. The molecule has 1 aromatic rings. The van der Waals surface area contributed by atoms with Crippen molar-refractivity contribution in [1.29, 1.82) is 0 Å². The average Bonchev–Trinajstić information content (AvgIpc) is 2.28. The maximum absolute atomic E-state index is 9.02. The van der Waals surface area contributed by atoms with Gasteiger partial charge in [-0.1, -0.05) is 6.92 Å². The standard InChI is InChI=1S/C10H18ClN5O/c1-4-5-16(6-7-17)10-13-8(11)12-9(14-10)15(2)3/h17H,4-7H2,1-3H3. The minimum absolute atomic E-state index is 0.0562. The second-order valence-electron chi connectivity index (χ2n) is 3.81. The first-order chi connectivity index (χ1) is 8.08. The molecule has 17 heavy (non-hydrogen) atoms. The molecule has 0 unspecified atom stereocenters. The number of hydrogen-bond acceptors (Lipinski definition) is 6. The van der Waals surface area contributed by atoms with Crippen LogP contribution in [0.4, 0.5) is 11.9 Å². The highest BCUT2D eigenvalue weighted by Crippen LogP contribution is 2.15. The molecule has 1 N–H and O–H groups in total. The number of aliphatic hydroxyl groups excluding tert-OH is 1. The van der Waals surface area contributed by atoms with Gasteiger partial charge in [0.25, 0.3) is 0 Å². The fourth-order valence-electron chi connectivity index (χ4n) is 1.37. The Morgan fingerprint density at radius 2 is 1.76 bits per heavy atom. The second-order valence-corrected chi connectivity index (χ2v) is 4.15. The van der Waals surface area contributed by atoms with E-state index in [1.54, 1.807) is 4.90 Å². The summed E-state index contributed by atoms with van der Waals surface area (Å²) in [5.41, 5.74) is 0.